The molecular formula is C35H58N2O. The zero-order valence-electron chi connectivity index (χ0n) is 24.6. The van der Waals surface area contributed by atoms with Crippen molar-refractivity contribution in [2.75, 3.05) is 6.61 Å². The van der Waals surface area contributed by atoms with E-state index in [1.165, 1.54) is 153 Å². The summed E-state index contributed by atoms with van der Waals surface area (Å²) in [5.74, 6) is 0. The van der Waals surface area contributed by atoms with Gasteiger partial charge in [0.1, 0.15) is 6.54 Å². The minimum Gasteiger partial charge on any atom is -0.854 e. The van der Waals surface area contributed by atoms with E-state index in [0.29, 0.717) is 0 Å². The van der Waals surface area contributed by atoms with Crippen LogP contribution in [0.1, 0.15) is 146 Å². The Hall–Kier alpha value is -1.74. The Kier molecular flexibility index (Phi) is 20.8. The van der Waals surface area contributed by atoms with Crippen molar-refractivity contribution in [2.24, 2.45) is 0 Å². The van der Waals surface area contributed by atoms with Crippen LogP contribution in [0.2, 0.25) is 0 Å². The molecule has 0 atom stereocenters. The molecule has 3 heteroatoms. The summed E-state index contributed by atoms with van der Waals surface area (Å²) in [6.45, 7) is 1.28. The molecule has 0 saturated carbocycles. The molecule has 0 amide bonds. The summed E-state index contributed by atoms with van der Waals surface area (Å²) in [6.07, 6.45) is 38.8. The number of aryl methyl sites for hydroxylation is 3. The SMILES string of the molecule is [O-]CCCCCCCCCCCCc1ccc[n+](CCCCCCCCCCCCCc2cccnc2)c1. The second-order valence-corrected chi connectivity index (χ2v) is 11.4. The fourth-order valence-electron chi connectivity index (χ4n) is 5.47. The van der Waals surface area contributed by atoms with E-state index in [1.54, 1.807) is 0 Å². The Morgan fingerprint density at radius 3 is 1.53 bits per heavy atom. The average Bonchev–Trinajstić information content (AvgIpc) is 2.95. The quantitative estimate of drug-likeness (QED) is 0.0915. The molecular weight excluding hydrogens is 464 g/mol. The third kappa shape index (κ3) is 18.5. The maximum atomic E-state index is 10.4. The Morgan fingerprint density at radius 2 is 1.00 bits per heavy atom. The molecule has 2 aromatic heterocycles. The molecule has 2 heterocycles. The van der Waals surface area contributed by atoms with Crippen LogP contribution in [0.15, 0.2) is 49.1 Å². The van der Waals surface area contributed by atoms with Crippen LogP contribution < -0.4 is 9.67 Å². The van der Waals surface area contributed by atoms with Crippen molar-refractivity contribution in [3.05, 3.63) is 60.2 Å². The van der Waals surface area contributed by atoms with Gasteiger partial charge in [-0.15, -0.1) is 6.61 Å². The molecule has 0 aliphatic carbocycles. The summed E-state index contributed by atoms with van der Waals surface area (Å²) in [6, 6.07) is 8.78. The topological polar surface area (TPSA) is 39.8 Å². The summed E-state index contributed by atoms with van der Waals surface area (Å²) < 4.78 is 2.41. The van der Waals surface area contributed by atoms with Crippen molar-refractivity contribution in [1.29, 1.82) is 0 Å². The van der Waals surface area contributed by atoms with E-state index in [1.807, 2.05) is 18.5 Å². The van der Waals surface area contributed by atoms with Gasteiger partial charge in [-0.3, -0.25) is 4.98 Å². The van der Waals surface area contributed by atoms with Crippen molar-refractivity contribution >= 4 is 0 Å². The monoisotopic (exact) mass is 522 g/mol. The van der Waals surface area contributed by atoms with Crippen molar-refractivity contribution in [1.82, 2.24) is 4.98 Å². The van der Waals surface area contributed by atoms with Crippen LogP contribution in [0, 0.1) is 0 Å². The Bertz CT molecular complexity index is 764. The highest BCUT2D eigenvalue weighted by molar-refractivity contribution is 5.08. The van der Waals surface area contributed by atoms with Gasteiger partial charge in [0.05, 0.1) is 0 Å². The predicted molar refractivity (Wildman–Crippen MR) is 160 cm³/mol. The second kappa shape index (κ2) is 24.3. The standard InChI is InChI=1S/C35H58N2O/c38-31-21-17-13-9-5-3-7-11-15-19-25-35-27-23-30-37(33-35)29-20-16-12-8-4-1-2-6-10-14-18-24-34-26-22-28-36-32-34/h22-23,26-28,30,32-33H,1-21,24-25,29,31H2. The zero-order chi connectivity index (χ0) is 26.8. The Balaban J connectivity index is 1.34. The molecule has 0 fully saturated rings. The molecule has 0 aromatic carbocycles. The highest BCUT2D eigenvalue weighted by Gasteiger charge is 2.03. The van der Waals surface area contributed by atoms with E-state index < -0.39 is 0 Å². The molecule has 0 aliphatic rings. The van der Waals surface area contributed by atoms with Gasteiger partial charge in [0, 0.05) is 30.4 Å². The summed E-state index contributed by atoms with van der Waals surface area (Å²) in [7, 11) is 0. The normalized spacial score (nSPS) is 11.3. The van der Waals surface area contributed by atoms with Gasteiger partial charge in [-0.25, -0.2) is 4.57 Å². The van der Waals surface area contributed by atoms with Crippen LogP contribution in [0.4, 0.5) is 0 Å². The molecule has 2 rings (SSSR count). The van der Waals surface area contributed by atoms with Gasteiger partial charge in [-0.1, -0.05) is 115 Å². The maximum Gasteiger partial charge on any atom is 0.171 e. The fraction of sp³-hybridized carbons (Fsp3) is 0.714. The van der Waals surface area contributed by atoms with Gasteiger partial charge in [-0.05, 0) is 49.8 Å². The van der Waals surface area contributed by atoms with E-state index in [4.69, 9.17) is 0 Å². The van der Waals surface area contributed by atoms with Gasteiger partial charge in [-0.2, -0.15) is 0 Å². The molecule has 0 aliphatic heterocycles. The van der Waals surface area contributed by atoms with Crippen LogP contribution in [-0.2, 0) is 19.4 Å². The molecule has 0 bridgehead atoms. The molecule has 0 radical (unpaired) electrons. The summed E-state index contributed by atoms with van der Waals surface area (Å²) in [4.78, 5) is 4.20. The first-order valence-corrected chi connectivity index (χ1v) is 16.3. The molecule has 0 spiro atoms. The number of unbranched alkanes of at least 4 members (excludes halogenated alkanes) is 19. The molecule has 0 unspecified atom stereocenters. The highest BCUT2D eigenvalue weighted by Crippen LogP contribution is 2.14. The van der Waals surface area contributed by atoms with E-state index in [0.717, 1.165) is 12.8 Å². The van der Waals surface area contributed by atoms with Crippen LogP contribution in [-0.4, -0.2) is 11.6 Å². The fourth-order valence-corrected chi connectivity index (χ4v) is 5.47. The highest BCUT2D eigenvalue weighted by atomic mass is 16.2. The van der Waals surface area contributed by atoms with E-state index in [-0.39, 0.29) is 6.61 Å². The number of aromatic nitrogens is 2. The molecule has 2 aromatic rings. The Morgan fingerprint density at radius 1 is 0.526 bits per heavy atom. The first kappa shape index (κ1) is 32.5. The third-order valence-electron chi connectivity index (χ3n) is 7.88. The zero-order valence-corrected chi connectivity index (χ0v) is 24.6. The second-order valence-electron chi connectivity index (χ2n) is 11.4. The lowest BCUT2D eigenvalue weighted by Crippen LogP contribution is -2.33. The molecule has 38 heavy (non-hydrogen) atoms. The first-order chi connectivity index (χ1) is 18.9. The van der Waals surface area contributed by atoms with Gasteiger partial charge in [0.25, 0.3) is 0 Å². The minimum atomic E-state index is 0.109. The van der Waals surface area contributed by atoms with Crippen molar-refractivity contribution in [3.63, 3.8) is 0 Å². The average molecular weight is 523 g/mol. The van der Waals surface area contributed by atoms with Crippen LogP contribution in [0.5, 0.6) is 0 Å². The maximum absolute atomic E-state index is 10.4. The number of pyridine rings is 2. The number of hydrogen-bond donors (Lipinski definition) is 0. The Labute approximate surface area is 235 Å². The van der Waals surface area contributed by atoms with E-state index in [9.17, 15) is 5.11 Å². The number of hydrogen-bond acceptors (Lipinski definition) is 2. The lowest BCUT2D eigenvalue weighted by atomic mass is 10.0. The van der Waals surface area contributed by atoms with E-state index >= 15 is 0 Å². The summed E-state index contributed by atoms with van der Waals surface area (Å²) in [5, 5.41) is 10.4. The molecule has 0 N–H and O–H groups in total. The molecule has 0 saturated heterocycles. The summed E-state index contributed by atoms with van der Waals surface area (Å²) >= 11 is 0. The van der Waals surface area contributed by atoms with Gasteiger partial charge in [0.15, 0.2) is 12.4 Å². The first-order valence-electron chi connectivity index (χ1n) is 16.3. The van der Waals surface area contributed by atoms with Crippen molar-refractivity contribution < 1.29 is 9.67 Å². The minimum absolute atomic E-state index is 0.109. The lowest BCUT2D eigenvalue weighted by molar-refractivity contribution is -0.697. The van der Waals surface area contributed by atoms with Crippen molar-refractivity contribution in [2.45, 2.75) is 154 Å². The largest absolute Gasteiger partial charge is 0.854 e. The van der Waals surface area contributed by atoms with Crippen molar-refractivity contribution in [3.8, 4) is 0 Å². The lowest BCUT2D eigenvalue weighted by Gasteiger charge is -2.05. The third-order valence-corrected chi connectivity index (χ3v) is 7.88. The van der Waals surface area contributed by atoms with Crippen LogP contribution >= 0.6 is 0 Å². The van der Waals surface area contributed by atoms with Gasteiger partial charge < -0.3 is 5.11 Å². The van der Waals surface area contributed by atoms with E-state index in [2.05, 4.69) is 40.1 Å². The smallest absolute Gasteiger partial charge is 0.171 e. The van der Waals surface area contributed by atoms with Crippen LogP contribution in [0.3, 0.4) is 0 Å². The van der Waals surface area contributed by atoms with Gasteiger partial charge in [0.2, 0.25) is 0 Å². The van der Waals surface area contributed by atoms with Gasteiger partial charge >= 0.3 is 0 Å². The number of nitrogens with zero attached hydrogens (tertiary/aromatic N) is 2. The molecule has 214 valence electrons. The number of rotatable bonds is 26. The van der Waals surface area contributed by atoms with Crippen LogP contribution in [0.25, 0.3) is 0 Å². The molecule has 3 nitrogen and oxygen atoms in total. The predicted octanol–water partition coefficient (Wildman–Crippen LogP) is 8.71. The summed E-state index contributed by atoms with van der Waals surface area (Å²) in [5.41, 5.74) is 2.88.